The molecule has 0 aliphatic rings. The van der Waals surface area contributed by atoms with Crippen LogP contribution >= 0.6 is 0 Å². The number of carbonyl (C=O) groups excluding carboxylic acids is 1. The fourth-order valence-corrected chi connectivity index (χ4v) is 1.65. The van der Waals surface area contributed by atoms with E-state index < -0.39 is 0 Å². The van der Waals surface area contributed by atoms with Crippen LogP contribution in [0.1, 0.15) is 0 Å². The van der Waals surface area contributed by atoms with Gasteiger partial charge in [-0.15, -0.1) is 0 Å². The predicted octanol–water partition coefficient (Wildman–Crippen LogP) is 2.31. The van der Waals surface area contributed by atoms with Crippen molar-refractivity contribution < 1.29 is 9.53 Å². The van der Waals surface area contributed by atoms with Gasteiger partial charge in [-0.2, -0.15) is 0 Å². The molecule has 0 aliphatic heterocycles. The summed E-state index contributed by atoms with van der Waals surface area (Å²) in [5.74, 6) is 0.348. The van der Waals surface area contributed by atoms with Crippen LogP contribution in [0.15, 0.2) is 42.5 Å². The van der Waals surface area contributed by atoms with Gasteiger partial charge in [0.2, 0.25) is 0 Å². The summed E-state index contributed by atoms with van der Waals surface area (Å²) in [5, 5.41) is 2.21. The van der Waals surface area contributed by atoms with Crippen LogP contribution in [0.5, 0.6) is 5.75 Å². The summed E-state index contributed by atoms with van der Waals surface area (Å²) in [4.78, 5) is 13.3. The highest BCUT2D eigenvalue weighted by Gasteiger charge is 2.06. The maximum atomic E-state index is 11.5. The number of likely N-dealkylation sites (N-methyl/N-ethyl adjacent to an activating group) is 1. The van der Waals surface area contributed by atoms with Crippen molar-refractivity contribution in [2.75, 3.05) is 20.6 Å². The fraction of sp³-hybridized carbons (Fsp3) is 0.214. The molecule has 3 nitrogen and oxygen atoms in total. The SMILES string of the molecule is CN(C)CC(=O)Oc1ccc2ccccc2c1. The van der Waals surface area contributed by atoms with Gasteiger partial charge in [-0.05, 0) is 37.0 Å². The van der Waals surface area contributed by atoms with E-state index in [9.17, 15) is 4.79 Å². The normalized spacial score (nSPS) is 10.8. The first-order valence-electron chi connectivity index (χ1n) is 5.49. The molecule has 0 N–H and O–H groups in total. The number of nitrogens with zero attached hydrogens (tertiary/aromatic N) is 1. The van der Waals surface area contributed by atoms with Gasteiger partial charge >= 0.3 is 5.97 Å². The largest absolute Gasteiger partial charge is 0.426 e. The maximum Gasteiger partial charge on any atom is 0.325 e. The molecule has 2 aromatic rings. The Morgan fingerprint density at radius 2 is 1.82 bits per heavy atom. The number of rotatable bonds is 3. The van der Waals surface area contributed by atoms with Crippen LogP contribution in [0.4, 0.5) is 0 Å². The zero-order valence-corrected chi connectivity index (χ0v) is 10.0. The van der Waals surface area contributed by atoms with Crippen molar-refractivity contribution in [3.63, 3.8) is 0 Å². The highest BCUT2D eigenvalue weighted by molar-refractivity contribution is 5.84. The number of hydrogen-bond donors (Lipinski definition) is 0. The molecule has 3 heteroatoms. The highest BCUT2D eigenvalue weighted by Crippen LogP contribution is 2.20. The van der Waals surface area contributed by atoms with Crippen molar-refractivity contribution >= 4 is 16.7 Å². The van der Waals surface area contributed by atoms with Gasteiger partial charge < -0.3 is 4.74 Å². The molecular weight excluding hydrogens is 214 g/mol. The van der Waals surface area contributed by atoms with Gasteiger partial charge in [0, 0.05) is 0 Å². The molecule has 0 saturated heterocycles. The lowest BCUT2D eigenvalue weighted by atomic mass is 10.1. The van der Waals surface area contributed by atoms with Crippen molar-refractivity contribution in [3.8, 4) is 5.75 Å². The Hall–Kier alpha value is -1.87. The van der Waals surface area contributed by atoms with E-state index in [-0.39, 0.29) is 12.5 Å². The van der Waals surface area contributed by atoms with E-state index >= 15 is 0 Å². The van der Waals surface area contributed by atoms with Gasteiger partial charge in [-0.3, -0.25) is 9.69 Å². The van der Waals surface area contributed by atoms with Crippen molar-refractivity contribution in [1.29, 1.82) is 0 Å². The van der Waals surface area contributed by atoms with E-state index in [2.05, 4.69) is 0 Å². The molecule has 17 heavy (non-hydrogen) atoms. The Labute approximate surface area is 101 Å². The molecule has 0 spiro atoms. The average molecular weight is 229 g/mol. The summed E-state index contributed by atoms with van der Waals surface area (Å²) < 4.78 is 5.25. The maximum absolute atomic E-state index is 11.5. The zero-order chi connectivity index (χ0) is 12.3. The van der Waals surface area contributed by atoms with E-state index in [1.807, 2.05) is 56.6 Å². The van der Waals surface area contributed by atoms with Gasteiger partial charge in [0.05, 0.1) is 6.54 Å². The van der Waals surface area contributed by atoms with E-state index in [4.69, 9.17) is 4.74 Å². The van der Waals surface area contributed by atoms with Crippen LogP contribution in [-0.4, -0.2) is 31.5 Å². The molecule has 0 atom stereocenters. The second-order valence-corrected chi connectivity index (χ2v) is 4.22. The number of esters is 1. The van der Waals surface area contributed by atoms with Crippen LogP contribution in [0.25, 0.3) is 10.8 Å². The lowest BCUT2D eigenvalue weighted by molar-refractivity contribution is -0.135. The molecule has 0 aromatic heterocycles. The Bertz CT molecular complexity index is 534. The van der Waals surface area contributed by atoms with Crippen molar-refractivity contribution in [2.24, 2.45) is 0 Å². The summed E-state index contributed by atoms with van der Waals surface area (Å²) in [6, 6.07) is 13.6. The molecule has 2 aromatic carbocycles. The summed E-state index contributed by atoms with van der Waals surface area (Å²) >= 11 is 0. The van der Waals surface area contributed by atoms with Crippen LogP contribution in [0, 0.1) is 0 Å². The molecule has 0 aliphatic carbocycles. The third-order valence-corrected chi connectivity index (χ3v) is 2.40. The van der Waals surface area contributed by atoms with Gasteiger partial charge in [-0.25, -0.2) is 0 Å². The number of benzene rings is 2. The van der Waals surface area contributed by atoms with Crippen LogP contribution in [0.3, 0.4) is 0 Å². The second-order valence-electron chi connectivity index (χ2n) is 4.22. The van der Waals surface area contributed by atoms with Crippen LogP contribution in [0.2, 0.25) is 0 Å². The highest BCUT2D eigenvalue weighted by atomic mass is 16.5. The molecule has 0 saturated carbocycles. The van der Waals surface area contributed by atoms with Gasteiger partial charge in [0.15, 0.2) is 0 Å². The fourth-order valence-electron chi connectivity index (χ4n) is 1.65. The second kappa shape index (κ2) is 4.97. The van der Waals surface area contributed by atoms with E-state index in [0.29, 0.717) is 5.75 Å². The smallest absolute Gasteiger partial charge is 0.325 e. The summed E-state index contributed by atoms with van der Waals surface area (Å²) in [5.41, 5.74) is 0. The first-order valence-corrected chi connectivity index (χ1v) is 5.49. The first-order chi connectivity index (χ1) is 8.15. The molecule has 0 fully saturated rings. The average Bonchev–Trinajstić information content (AvgIpc) is 2.27. The molecule has 0 radical (unpaired) electrons. The molecule has 88 valence electrons. The topological polar surface area (TPSA) is 29.5 Å². The molecule has 0 bridgehead atoms. The van der Waals surface area contributed by atoms with Crippen LogP contribution in [-0.2, 0) is 4.79 Å². The number of hydrogen-bond acceptors (Lipinski definition) is 3. The van der Waals surface area contributed by atoms with Gasteiger partial charge in [0.1, 0.15) is 5.75 Å². The third-order valence-electron chi connectivity index (χ3n) is 2.40. The number of ether oxygens (including phenoxy) is 1. The van der Waals surface area contributed by atoms with Crippen LogP contribution < -0.4 is 4.74 Å². The minimum absolute atomic E-state index is 0.245. The Morgan fingerprint density at radius 1 is 1.12 bits per heavy atom. The minimum Gasteiger partial charge on any atom is -0.426 e. The summed E-state index contributed by atoms with van der Waals surface area (Å²) in [6.07, 6.45) is 0. The molecule has 0 heterocycles. The summed E-state index contributed by atoms with van der Waals surface area (Å²) in [6.45, 7) is 0.285. The molecular formula is C14H15NO2. The van der Waals surface area contributed by atoms with Gasteiger partial charge in [0.25, 0.3) is 0 Å². The van der Waals surface area contributed by atoms with Crippen molar-refractivity contribution in [3.05, 3.63) is 42.5 Å². The monoisotopic (exact) mass is 229 g/mol. The predicted molar refractivity (Wildman–Crippen MR) is 68.1 cm³/mol. The minimum atomic E-state index is -0.245. The quantitative estimate of drug-likeness (QED) is 0.597. The third kappa shape index (κ3) is 3.04. The number of fused-ring (bicyclic) bond motifs is 1. The standard InChI is InChI=1S/C14H15NO2/c1-15(2)10-14(16)17-13-8-7-11-5-3-4-6-12(11)9-13/h3-9H,10H2,1-2H3. The summed E-state index contributed by atoms with van der Waals surface area (Å²) in [7, 11) is 3.67. The molecule has 0 amide bonds. The van der Waals surface area contributed by atoms with Crippen molar-refractivity contribution in [1.82, 2.24) is 4.90 Å². The Balaban J connectivity index is 2.17. The molecule has 0 unspecified atom stereocenters. The Morgan fingerprint density at radius 3 is 2.53 bits per heavy atom. The van der Waals surface area contributed by atoms with Gasteiger partial charge in [-0.1, -0.05) is 30.3 Å². The van der Waals surface area contributed by atoms with E-state index in [0.717, 1.165) is 10.8 Å². The lowest BCUT2D eigenvalue weighted by Gasteiger charge is -2.09. The van der Waals surface area contributed by atoms with E-state index in [1.165, 1.54) is 0 Å². The number of carbonyl (C=O) groups is 1. The molecule has 2 rings (SSSR count). The first kappa shape index (κ1) is 11.6. The van der Waals surface area contributed by atoms with E-state index in [1.54, 1.807) is 4.90 Å². The van der Waals surface area contributed by atoms with Crippen molar-refractivity contribution in [2.45, 2.75) is 0 Å². The Kier molecular flexibility index (Phi) is 3.40. The lowest BCUT2D eigenvalue weighted by Crippen LogP contribution is -2.25. The zero-order valence-electron chi connectivity index (χ0n) is 10.0.